The average molecular weight is 507 g/mol. The van der Waals surface area contributed by atoms with E-state index in [1.807, 2.05) is 18.0 Å². The number of nitrogens with zero attached hydrogens (tertiary/aromatic N) is 5. The number of likely N-dealkylation sites (tertiary alicyclic amines) is 1. The third-order valence-corrected chi connectivity index (χ3v) is 6.97. The summed E-state index contributed by atoms with van der Waals surface area (Å²) >= 11 is 0. The number of nitro benzene ring substituents is 1. The molecule has 37 heavy (non-hydrogen) atoms. The quantitative estimate of drug-likeness (QED) is 0.297. The van der Waals surface area contributed by atoms with E-state index in [0.29, 0.717) is 24.4 Å². The summed E-state index contributed by atoms with van der Waals surface area (Å²) in [6.45, 7) is 3.34. The lowest BCUT2D eigenvalue weighted by Crippen LogP contribution is -2.40. The molecule has 4 aromatic rings. The number of benzene rings is 2. The van der Waals surface area contributed by atoms with Gasteiger partial charge in [0.05, 0.1) is 30.7 Å². The summed E-state index contributed by atoms with van der Waals surface area (Å²) in [6, 6.07) is 9.00. The number of aromatic amines is 1. The van der Waals surface area contributed by atoms with E-state index < -0.39 is 4.92 Å². The average Bonchev–Trinajstić information content (AvgIpc) is 3.48. The molecule has 3 heterocycles. The monoisotopic (exact) mass is 506 g/mol. The number of aryl methyl sites for hydroxylation is 1. The number of amides is 1. The lowest BCUT2D eigenvalue weighted by molar-refractivity contribution is -0.384. The van der Waals surface area contributed by atoms with Crippen LogP contribution in [-0.4, -0.2) is 55.9 Å². The molecule has 1 N–H and O–H groups in total. The third kappa shape index (κ3) is 5.02. The van der Waals surface area contributed by atoms with Gasteiger partial charge in [-0.1, -0.05) is 5.21 Å². The lowest BCUT2D eigenvalue weighted by Gasteiger charge is -2.32. The lowest BCUT2D eigenvalue weighted by atomic mass is 9.94. The summed E-state index contributed by atoms with van der Waals surface area (Å²) in [5.74, 6) is 0.222. The smallest absolute Gasteiger partial charge is 0.270 e. The van der Waals surface area contributed by atoms with E-state index in [1.165, 1.54) is 31.4 Å². The molecule has 1 aliphatic rings. The molecule has 0 saturated carbocycles. The van der Waals surface area contributed by atoms with Crippen molar-refractivity contribution in [1.82, 2.24) is 24.9 Å². The summed E-state index contributed by atoms with van der Waals surface area (Å²) in [5, 5.41) is 20.5. The molecule has 1 atom stereocenters. The zero-order valence-electron chi connectivity index (χ0n) is 20.6. The minimum atomic E-state index is -0.447. The van der Waals surface area contributed by atoms with Crippen LogP contribution in [0.3, 0.4) is 0 Å². The number of piperidine rings is 1. The molecular weight excluding hydrogens is 479 g/mol. The molecule has 0 bridgehead atoms. The molecule has 11 heteroatoms. The Kier molecular flexibility index (Phi) is 6.60. The van der Waals surface area contributed by atoms with Crippen LogP contribution in [0.15, 0.2) is 42.6 Å². The Balaban J connectivity index is 1.29. The van der Waals surface area contributed by atoms with E-state index in [9.17, 15) is 19.3 Å². The molecule has 2 aromatic heterocycles. The molecule has 1 aliphatic heterocycles. The van der Waals surface area contributed by atoms with Crippen molar-refractivity contribution < 1.29 is 18.8 Å². The van der Waals surface area contributed by atoms with Gasteiger partial charge in [-0.3, -0.25) is 14.9 Å². The fraction of sp³-hybridized carbons (Fsp3) is 0.346. The maximum Gasteiger partial charge on any atom is 0.270 e. The van der Waals surface area contributed by atoms with E-state index >= 15 is 0 Å². The Hall–Kier alpha value is -4.28. The second-order valence-electron chi connectivity index (χ2n) is 9.37. The number of carbonyl (C=O) groups is 1. The number of H-pyrrole nitrogens is 1. The first-order chi connectivity index (χ1) is 17.8. The van der Waals surface area contributed by atoms with Gasteiger partial charge in [0, 0.05) is 59.5 Å². The van der Waals surface area contributed by atoms with Crippen molar-refractivity contribution in [1.29, 1.82) is 0 Å². The highest BCUT2D eigenvalue weighted by atomic mass is 19.1. The molecule has 192 valence electrons. The number of ether oxygens (including phenoxy) is 1. The molecular formula is C26H27FN6O4. The fourth-order valence-electron chi connectivity index (χ4n) is 5.04. The predicted octanol–water partition coefficient (Wildman–Crippen LogP) is 4.12. The second-order valence-corrected chi connectivity index (χ2v) is 9.37. The number of nitrogens with one attached hydrogen (secondary N) is 1. The first kappa shape index (κ1) is 24.4. The number of hydrogen-bond acceptors (Lipinski definition) is 6. The van der Waals surface area contributed by atoms with Crippen LogP contribution < -0.4 is 4.74 Å². The maximum atomic E-state index is 13.8. The van der Waals surface area contributed by atoms with Gasteiger partial charge in [-0.2, -0.15) is 0 Å². The van der Waals surface area contributed by atoms with Crippen LogP contribution in [0.25, 0.3) is 10.9 Å². The van der Waals surface area contributed by atoms with E-state index in [2.05, 4.69) is 15.3 Å². The number of halogens is 1. The van der Waals surface area contributed by atoms with Crippen LogP contribution in [0.4, 0.5) is 10.1 Å². The number of non-ortho nitro benzene ring substituents is 1. The van der Waals surface area contributed by atoms with Crippen LogP contribution >= 0.6 is 0 Å². The molecule has 0 radical (unpaired) electrons. The number of aromatic nitrogens is 4. The summed E-state index contributed by atoms with van der Waals surface area (Å²) in [7, 11) is 1.51. The maximum absolute atomic E-state index is 13.8. The predicted molar refractivity (Wildman–Crippen MR) is 134 cm³/mol. The van der Waals surface area contributed by atoms with E-state index in [4.69, 9.17) is 4.74 Å². The van der Waals surface area contributed by atoms with Crippen LogP contribution in [0.1, 0.15) is 41.3 Å². The normalized spacial score (nSPS) is 15.8. The van der Waals surface area contributed by atoms with E-state index in [-0.39, 0.29) is 36.3 Å². The third-order valence-electron chi connectivity index (χ3n) is 6.97. The Morgan fingerprint density at radius 3 is 2.92 bits per heavy atom. The Bertz CT molecular complexity index is 1480. The number of hydrogen-bond donors (Lipinski definition) is 1. The van der Waals surface area contributed by atoms with Crippen LogP contribution in [0.5, 0.6) is 5.75 Å². The van der Waals surface area contributed by atoms with Gasteiger partial charge >= 0.3 is 0 Å². The van der Waals surface area contributed by atoms with Gasteiger partial charge in [-0.15, -0.1) is 5.10 Å². The van der Waals surface area contributed by atoms with Gasteiger partial charge in [0.1, 0.15) is 11.6 Å². The zero-order valence-corrected chi connectivity index (χ0v) is 20.6. The Morgan fingerprint density at radius 1 is 1.30 bits per heavy atom. The molecule has 10 nitrogen and oxygen atoms in total. The first-order valence-corrected chi connectivity index (χ1v) is 12.1. The highest BCUT2D eigenvalue weighted by Gasteiger charge is 2.28. The van der Waals surface area contributed by atoms with E-state index in [0.717, 1.165) is 40.7 Å². The summed E-state index contributed by atoms with van der Waals surface area (Å²) in [6.07, 6.45) is 3.73. The van der Waals surface area contributed by atoms with Crippen molar-refractivity contribution in [2.24, 2.45) is 0 Å². The van der Waals surface area contributed by atoms with E-state index in [1.54, 1.807) is 16.8 Å². The molecule has 0 aliphatic carbocycles. The zero-order chi connectivity index (χ0) is 26.1. The second kappa shape index (κ2) is 10.00. The number of nitro groups is 1. The standard InChI is InChI=1S/C26H27FN6O4/c1-16-21(22-11-19(27)5-7-23(22)28-16)12-26(34)31-9-3-4-17(13-31)24-15-32(30-29-24)14-18-10-20(33(35)36)6-8-25(18)37-2/h5-8,10-11,15,17,28H,3-4,9,12-14H2,1-2H3. The minimum Gasteiger partial charge on any atom is -0.496 e. The Morgan fingerprint density at radius 2 is 2.14 bits per heavy atom. The van der Waals surface area contributed by atoms with Gasteiger partial charge in [0.25, 0.3) is 5.69 Å². The summed E-state index contributed by atoms with van der Waals surface area (Å²) < 4.78 is 20.8. The molecule has 1 fully saturated rings. The number of rotatable bonds is 7. The largest absolute Gasteiger partial charge is 0.496 e. The molecule has 2 aromatic carbocycles. The highest BCUT2D eigenvalue weighted by Crippen LogP contribution is 2.29. The molecule has 5 rings (SSSR count). The van der Waals surface area contributed by atoms with Crippen molar-refractivity contribution in [3.8, 4) is 5.75 Å². The van der Waals surface area contributed by atoms with Crippen molar-refractivity contribution in [2.75, 3.05) is 20.2 Å². The molecule has 1 unspecified atom stereocenters. The first-order valence-electron chi connectivity index (χ1n) is 12.1. The number of fused-ring (bicyclic) bond motifs is 1. The van der Waals surface area contributed by atoms with Crippen LogP contribution in [-0.2, 0) is 17.8 Å². The summed E-state index contributed by atoms with van der Waals surface area (Å²) in [4.78, 5) is 29.0. The number of methoxy groups -OCH3 is 1. The SMILES string of the molecule is COc1ccc([N+](=O)[O-])cc1Cn1cc(C2CCCN(C(=O)Cc3c(C)[nH]c4ccc(F)cc34)C2)nn1. The van der Waals surface area contributed by atoms with Gasteiger partial charge in [0.15, 0.2) is 0 Å². The van der Waals surface area contributed by atoms with Gasteiger partial charge in [0.2, 0.25) is 5.91 Å². The fourth-order valence-corrected chi connectivity index (χ4v) is 5.04. The topological polar surface area (TPSA) is 119 Å². The van der Waals surface area contributed by atoms with Crippen LogP contribution in [0, 0.1) is 22.9 Å². The minimum absolute atomic E-state index is 0.00770. The van der Waals surface area contributed by atoms with Gasteiger partial charge in [-0.25, -0.2) is 9.07 Å². The molecule has 1 amide bonds. The molecule has 1 saturated heterocycles. The van der Waals surface area contributed by atoms with Crippen LogP contribution in [0.2, 0.25) is 0 Å². The van der Waals surface area contributed by atoms with Crippen molar-refractivity contribution in [2.45, 2.75) is 38.6 Å². The van der Waals surface area contributed by atoms with Crippen molar-refractivity contribution >= 4 is 22.5 Å². The van der Waals surface area contributed by atoms with Crippen molar-refractivity contribution in [3.05, 3.63) is 81.0 Å². The van der Waals surface area contributed by atoms with Crippen molar-refractivity contribution in [3.63, 3.8) is 0 Å². The summed E-state index contributed by atoms with van der Waals surface area (Å²) in [5.41, 5.74) is 3.87. The molecule has 0 spiro atoms. The Labute approximate surface area is 212 Å². The van der Waals surface area contributed by atoms with Gasteiger partial charge in [-0.05, 0) is 49.6 Å². The van der Waals surface area contributed by atoms with Gasteiger partial charge < -0.3 is 14.6 Å². The highest BCUT2D eigenvalue weighted by molar-refractivity contribution is 5.90. The number of carbonyl (C=O) groups excluding carboxylic acids is 1.